The van der Waals surface area contributed by atoms with Crippen LogP contribution in [0.15, 0.2) is 24.6 Å². The lowest BCUT2D eigenvalue weighted by Crippen LogP contribution is -2.52. The van der Waals surface area contributed by atoms with E-state index in [1.165, 1.54) is 0 Å². The zero-order valence-electron chi connectivity index (χ0n) is 10.2. The lowest BCUT2D eigenvalue weighted by Gasteiger charge is -2.34. The third-order valence-corrected chi connectivity index (χ3v) is 10.0. The summed E-state index contributed by atoms with van der Waals surface area (Å²) in [6.45, 7) is 11.7. The molecule has 0 N–H and O–H groups in total. The first-order chi connectivity index (χ1) is 7.07. The summed E-state index contributed by atoms with van der Waals surface area (Å²) in [6, 6.07) is 1.66. The van der Waals surface area contributed by atoms with E-state index in [9.17, 15) is 0 Å². The van der Waals surface area contributed by atoms with Crippen LogP contribution in [-0.4, -0.2) is 31.3 Å². The van der Waals surface area contributed by atoms with Crippen LogP contribution >= 0.6 is 0 Å². The summed E-state index contributed by atoms with van der Waals surface area (Å²) in [6.07, 6.45) is 0. The fraction of sp³-hybridized carbons (Fsp3) is 0.600. The van der Waals surface area contributed by atoms with Gasteiger partial charge in [0.1, 0.15) is 0 Å². The Hall–Kier alpha value is -0.206. The van der Waals surface area contributed by atoms with Crippen LogP contribution in [0.5, 0.6) is 0 Å². The van der Waals surface area contributed by atoms with E-state index in [0.717, 1.165) is 12.1 Å². The normalized spacial score (nSPS) is 18.9. The monoisotopic (exact) mass is 246 g/mol. The summed E-state index contributed by atoms with van der Waals surface area (Å²) in [5.41, 5.74) is 3.62. The summed E-state index contributed by atoms with van der Waals surface area (Å²) in [5, 5.41) is 0. The fourth-order valence-corrected chi connectivity index (χ4v) is 7.66. The highest BCUT2D eigenvalue weighted by Gasteiger charge is 2.42. The molecule has 0 rings (SSSR count). The molecule has 0 aromatic rings. The SMILES string of the molecule is C=C[Si](CC)(OC)O[Si](C=C)(CC)OC. The summed E-state index contributed by atoms with van der Waals surface area (Å²) in [4.78, 5) is 0. The molecule has 0 saturated carbocycles. The number of rotatable bonds is 8. The third kappa shape index (κ3) is 3.39. The molecule has 0 fully saturated rings. The Bertz CT molecular complexity index is 189. The van der Waals surface area contributed by atoms with Gasteiger partial charge in [0, 0.05) is 14.2 Å². The van der Waals surface area contributed by atoms with Crippen LogP contribution in [0.1, 0.15) is 13.8 Å². The molecule has 0 heterocycles. The van der Waals surface area contributed by atoms with Crippen molar-refractivity contribution in [2.45, 2.75) is 25.9 Å². The molecule has 15 heavy (non-hydrogen) atoms. The molecule has 0 saturated heterocycles. The van der Waals surface area contributed by atoms with E-state index in [2.05, 4.69) is 13.2 Å². The molecule has 3 nitrogen and oxygen atoms in total. The van der Waals surface area contributed by atoms with Gasteiger partial charge in [-0.1, -0.05) is 25.2 Å². The fourth-order valence-electron chi connectivity index (χ4n) is 1.35. The predicted molar refractivity (Wildman–Crippen MR) is 68.0 cm³/mol. The molecule has 0 aromatic carbocycles. The van der Waals surface area contributed by atoms with Crippen molar-refractivity contribution < 1.29 is 13.0 Å². The van der Waals surface area contributed by atoms with Crippen LogP contribution < -0.4 is 0 Å². The van der Waals surface area contributed by atoms with Crippen molar-refractivity contribution in [1.82, 2.24) is 0 Å². The molecular weight excluding hydrogens is 224 g/mol. The standard InChI is InChI=1S/C10H22O3Si2/c1-7-14(8-2,11-5)13-15(9-3,10-4)12-6/h7,9H,1,3,8,10H2,2,4-6H3. The first-order valence-electron chi connectivity index (χ1n) is 5.15. The van der Waals surface area contributed by atoms with Crippen LogP contribution in [0.25, 0.3) is 0 Å². The van der Waals surface area contributed by atoms with E-state index in [0.29, 0.717) is 0 Å². The molecule has 0 aromatic heterocycles. The van der Waals surface area contributed by atoms with E-state index < -0.39 is 17.1 Å². The van der Waals surface area contributed by atoms with E-state index in [4.69, 9.17) is 13.0 Å². The van der Waals surface area contributed by atoms with Crippen molar-refractivity contribution in [3.8, 4) is 0 Å². The molecular formula is C10H22O3Si2. The molecule has 0 radical (unpaired) electrons. The quantitative estimate of drug-likeness (QED) is 0.616. The first kappa shape index (κ1) is 14.8. The van der Waals surface area contributed by atoms with Gasteiger partial charge >= 0.3 is 17.1 Å². The Morgan fingerprint density at radius 2 is 1.27 bits per heavy atom. The summed E-state index contributed by atoms with van der Waals surface area (Å²) in [7, 11) is -1.23. The Morgan fingerprint density at radius 1 is 0.933 bits per heavy atom. The second kappa shape index (κ2) is 6.39. The highest BCUT2D eigenvalue weighted by Crippen LogP contribution is 2.23. The van der Waals surface area contributed by atoms with E-state index >= 15 is 0 Å². The van der Waals surface area contributed by atoms with Crippen molar-refractivity contribution in [2.75, 3.05) is 14.2 Å². The second-order valence-electron chi connectivity index (χ2n) is 3.25. The van der Waals surface area contributed by atoms with Gasteiger partial charge in [0.2, 0.25) is 0 Å². The molecule has 0 aliphatic heterocycles. The summed E-state index contributed by atoms with van der Waals surface area (Å²) < 4.78 is 17.1. The molecule has 2 unspecified atom stereocenters. The zero-order chi connectivity index (χ0) is 11.9. The molecule has 0 aliphatic rings. The lowest BCUT2D eigenvalue weighted by atomic mass is 11.0. The van der Waals surface area contributed by atoms with Gasteiger partial charge in [0.05, 0.1) is 0 Å². The van der Waals surface area contributed by atoms with Crippen LogP contribution in [0.4, 0.5) is 0 Å². The van der Waals surface area contributed by atoms with E-state index in [-0.39, 0.29) is 0 Å². The Morgan fingerprint density at radius 3 is 1.40 bits per heavy atom. The average Bonchev–Trinajstić information content (AvgIpc) is 2.33. The van der Waals surface area contributed by atoms with Gasteiger partial charge in [-0.25, -0.2) is 0 Å². The maximum Gasteiger partial charge on any atom is 0.355 e. The Balaban J connectivity index is 4.90. The first-order valence-corrected chi connectivity index (χ1v) is 9.35. The van der Waals surface area contributed by atoms with Crippen molar-refractivity contribution in [2.24, 2.45) is 0 Å². The topological polar surface area (TPSA) is 27.7 Å². The molecule has 0 aliphatic carbocycles. The van der Waals surface area contributed by atoms with Crippen molar-refractivity contribution in [1.29, 1.82) is 0 Å². The molecule has 88 valence electrons. The molecule has 0 spiro atoms. The molecule has 0 bridgehead atoms. The average molecular weight is 246 g/mol. The maximum absolute atomic E-state index is 6.12. The van der Waals surface area contributed by atoms with Gasteiger partial charge in [-0.15, -0.1) is 13.2 Å². The third-order valence-electron chi connectivity index (χ3n) is 2.64. The second-order valence-corrected chi connectivity index (χ2v) is 10.4. The van der Waals surface area contributed by atoms with Crippen LogP contribution in [0.2, 0.25) is 12.1 Å². The van der Waals surface area contributed by atoms with Gasteiger partial charge in [-0.3, -0.25) is 0 Å². The largest absolute Gasteiger partial charge is 0.408 e. The minimum Gasteiger partial charge on any atom is -0.408 e. The van der Waals surface area contributed by atoms with E-state index in [1.807, 2.05) is 25.2 Å². The van der Waals surface area contributed by atoms with Crippen molar-refractivity contribution >= 4 is 17.1 Å². The van der Waals surface area contributed by atoms with Crippen molar-refractivity contribution in [3.63, 3.8) is 0 Å². The molecule has 2 atom stereocenters. The number of hydrogen-bond donors (Lipinski definition) is 0. The lowest BCUT2D eigenvalue weighted by molar-refractivity contribution is 0.250. The van der Waals surface area contributed by atoms with Crippen LogP contribution in [0, 0.1) is 0 Å². The van der Waals surface area contributed by atoms with Crippen LogP contribution in [-0.2, 0) is 13.0 Å². The molecule has 0 amide bonds. The highest BCUT2D eigenvalue weighted by molar-refractivity contribution is 6.85. The van der Waals surface area contributed by atoms with Crippen LogP contribution in [0.3, 0.4) is 0 Å². The smallest absolute Gasteiger partial charge is 0.355 e. The molecule has 5 heteroatoms. The zero-order valence-corrected chi connectivity index (χ0v) is 12.2. The van der Waals surface area contributed by atoms with Gasteiger partial charge < -0.3 is 13.0 Å². The van der Waals surface area contributed by atoms with Gasteiger partial charge in [-0.05, 0) is 12.1 Å². The number of hydrogen-bond acceptors (Lipinski definition) is 3. The van der Waals surface area contributed by atoms with Gasteiger partial charge in [0.15, 0.2) is 0 Å². The van der Waals surface area contributed by atoms with E-state index in [1.54, 1.807) is 14.2 Å². The summed E-state index contributed by atoms with van der Waals surface area (Å²) in [5.74, 6) is 0. The van der Waals surface area contributed by atoms with Crippen molar-refractivity contribution in [3.05, 3.63) is 24.6 Å². The summed E-state index contributed by atoms with van der Waals surface area (Å²) >= 11 is 0. The maximum atomic E-state index is 6.12. The Labute approximate surface area is 95.2 Å². The Kier molecular flexibility index (Phi) is 6.30. The van der Waals surface area contributed by atoms with Gasteiger partial charge in [0.25, 0.3) is 0 Å². The predicted octanol–water partition coefficient (Wildman–Crippen LogP) is 2.67. The minimum atomic E-state index is -2.29. The minimum absolute atomic E-state index is 0.832. The highest BCUT2D eigenvalue weighted by atomic mass is 28.5. The van der Waals surface area contributed by atoms with Gasteiger partial charge in [-0.2, -0.15) is 0 Å².